The summed E-state index contributed by atoms with van der Waals surface area (Å²) in [6.45, 7) is 1.95. The Morgan fingerprint density at radius 2 is 1.68 bits per heavy atom. The number of carbonyl (C=O) groups excluding carboxylic acids is 1. The van der Waals surface area contributed by atoms with Crippen LogP contribution in [0.4, 0.5) is 5.69 Å². The molecule has 4 rings (SSSR count). The number of rotatable bonds is 2. The minimum atomic E-state index is -0.181. The van der Waals surface area contributed by atoms with Gasteiger partial charge in [0.05, 0.1) is 0 Å². The molecule has 0 spiro atoms. The average molecular weight is 345 g/mol. The van der Waals surface area contributed by atoms with Gasteiger partial charge in [0.15, 0.2) is 5.43 Å². The van der Waals surface area contributed by atoms with Crippen molar-refractivity contribution in [2.24, 2.45) is 0 Å². The van der Waals surface area contributed by atoms with Gasteiger partial charge >= 0.3 is 0 Å². The highest BCUT2D eigenvalue weighted by atomic mass is 32.1. The second kappa shape index (κ2) is 6.15. The predicted molar refractivity (Wildman–Crippen MR) is 105 cm³/mol. The Bertz CT molecular complexity index is 1180. The summed E-state index contributed by atoms with van der Waals surface area (Å²) in [5.41, 5.74) is 2.25. The molecule has 0 bridgehead atoms. The van der Waals surface area contributed by atoms with Gasteiger partial charge in [-0.25, -0.2) is 0 Å². The summed E-state index contributed by atoms with van der Waals surface area (Å²) in [7, 11) is 0. The standard InChI is InChI=1S/C21H15NO2S/c1-13-5-4-6-14(11-13)21(24)22-15-9-10-19-17(12-15)20(23)16-7-2-3-8-18(16)25-19/h2-12H,1H3,(H,22,24). The van der Waals surface area contributed by atoms with E-state index in [4.69, 9.17) is 0 Å². The summed E-state index contributed by atoms with van der Waals surface area (Å²) in [5.74, 6) is -0.181. The molecular weight excluding hydrogens is 330 g/mol. The molecule has 0 unspecified atom stereocenters. The lowest BCUT2D eigenvalue weighted by molar-refractivity contribution is 0.102. The van der Waals surface area contributed by atoms with Crippen LogP contribution in [-0.2, 0) is 0 Å². The van der Waals surface area contributed by atoms with E-state index in [9.17, 15) is 9.59 Å². The molecule has 3 aromatic carbocycles. The lowest BCUT2D eigenvalue weighted by Crippen LogP contribution is -2.12. The number of nitrogens with one attached hydrogen (secondary N) is 1. The van der Waals surface area contributed by atoms with Crippen molar-refractivity contribution >= 4 is 43.1 Å². The van der Waals surface area contributed by atoms with E-state index in [1.807, 2.05) is 61.5 Å². The minimum Gasteiger partial charge on any atom is -0.322 e. The molecule has 122 valence electrons. The van der Waals surface area contributed by atoms with Crippen LogP contribution in [0.3, 0.4) is 0 Å². The Hall–Kier alpha value is -2.98. The van der Waals surface area contributed by atoms with Gasteiger partial charge in [-0.3, -0.25) is 9.59 Å². The molecular formula is C21H15NO2S. The van der Waals surface area contributed by atoms with E-state index in [0.717, 1.165) is 15.0 Å². The van der Waals surface area contributed by atoms with E-state index in [2.05, 4.69) is 5.32 Å². The normalized spacial score (nSPS) is 10.9. The maximum atomic E-state index is 12.7. The van der Waals surface area contributed by atoms with Gasteiger partial charge in [-0.2, -0.15) is 0 Å². The van der Waals surface area contributed by atoms with Crippen molar-refractivity contribution in [1.82, 2.24) is 0 Å². The highest BCUT2D eigenvalue weighted by Gasteiger charge is 2.09. The third kappa shape index (κ3) is 2.92. The number of anilines is 1. The fraction of sp³-hybridized carbons (Fsp3) is 0.0476. The lowest BCUT2D eigenvalue weighted by Gasteiger charge is -2.07. The summed E-state index contributed by atoms with van der Waals surface area (Å²) >= 11 is 1.58. The molecule has 0 aliphatic carbocycles. The second-order valence-electron chi connectivity index (χ2n) is 5.96. The zero-order valence-corrected chi connectivity index (χ0v) is 14.4. The maximum absolute atomic E-state index is 12.7. The van der Waals surface area contributed by atoms with Gasteiger partial charge in [0.25, 0.3) is 5.91 Å². The molecule has 1 heterocycles. The zero-order chi connectivity index (χ0) is 17.4. The molecule has 0 aliphatic heterocycles. The molecule has 1 N–H and O–H groups in total. The molecule has 1 amide bonds. The topological polar surface area (TPSA) is 46.2 Å². The van der Waals surface area contributed by atoms with Crippen molar-refractivity contribution in [1.29, 1.82) is 0 Å². The summed E-state index contributed by atoms with van der Waals surface area (Å²) in [4.78, 5) is 25.1. The summed E-state index contributed by atoms with van der Waals surface area (Å²) in [6.07, 6.45) is 0. The Kier molecular flexibility index (Phi) is 3.82. The van der Waals surface area contributed by atoms with Crippen molar-refractivity contribution < 1.29 is 4.79 Å². The molecule has 0 saturated heterocycles. The molecule has 0 aliphatic rings. The van der Waals surface area contributed by atoms with Crippen molar-refractivity contribution in [3.8, 4) is 0 Å². The van der Waals surface area contributed by atoms with E-state index >= 15 is 0 Å². The van der Waals surface area contributed by atoms with Gasteiger partial charge in [0, 0.05) is 31.4 Å². The molecule has 1 aromatic heterocycles. The van der Waals surface area contributed by atoms with Crippen LogP contribution in [0.1, 0.15) is 15.9 Å². The lowest BCUT2D eigenvalue weighted by atomic mass is 10.1. The monoisotopic (exact) mass is 345 g/mol. The highest BCUT2D eigenvalue weighted by Crippen LogP contribution is 2.26. The van der Waals surface area contributed by atoms with E-state index in [0.29, 0.717) is 22.0 Å². The first-order valence-corrected chi connectivity index (χ1v) is 8.77. The Morgan fingerprint density at radius 1 is 0.880 bits per heavy atom. The highest BCUT2D eigenvalue weighted by molar-refractivity contribution is 7.24. The molecule has 4 aromatic rings. The quantitative estimate of drug-likeness (QED) is 0.521. The number of hydrogen-bond acceptors (Lipinski definition) is 3. The molecule has 0 atom stereocenters. The van der Waals surface area contributed by atoms with Gasteiger partial charge in [-0.05, 0) is 49.4 Å². The van der Waals surface area contributed by atoms with E-state index in [-0.39, 0.29) is 11.3 Å². The Morgan fingerprint density at radius 3 is 2.52 bits per heavy atom. The Balaban J connectivity index is 1.76. The molecule has 3 nitrogen and oxygen atoms in total. The van der Waals surface area contributed by atoms with E-state index in [1.165, 1.54) is 0 Å². The maximum Gasteiger partial charge on any atom is 0.255 e. The first-order chi connectivity index (χ1) is 12.1. The van der Waals surface area contributed by atoms with Gasteiger partial charge in [0.1, 0.15) is 0 Å². The van der Waals surface area contributed by atoms with E-state index in [1.54, 1.807) is 23.5 Å². The third-order valence-corrected chi connectivity index (χ3v) is 5.27. The predicted octanol–water partition coefficient (Wildman–Crippen LogP) is 4.98. The van der Waals surface area contributed by atoms with Crippen molar-refractivity contribution in [3.63, 3.8) is 0 Å². The first kappa shape index (κ1) is 15.5. The summed E-state index contributed by atoms with van der Waals surface area (Å²) in [5, 5.41) is 4.22. The zero-order valence-electron chi connectivity index (χ0n) is 13.6. The first-order valence-electron chi connectivity index (χ1n) is 7.95. The van der Waals surface area contributed by atoms with E-state index < -0.39 is 0 Å². The van der Waals surface area contributed by atoms with Crippen LogP contribution in [0.2, 0.25) is 0 Å². The van der Waals surface area contributed by atoms with Crippen LogP contribution in [-0.4, -0.2) is 5.91 Å². The smallest absolute Gasteiger partial charge is 0.255 e. The third-order valence-electron chi connectivity index (χ3n) is 4.11. The van der Waals surface area contributed by atoms with Crippen molar-refractivity contribution in [2.75, 3.05) is 5.32 Å². The number of fused-ring (bicyclic) bond motifs is 2. The van der Waals surface area contributed by atoms with Crippen LogP contribution in [0, 0.1) is 6.92 Å². The Labute approximate surface area is 148 Å². The summed E-state index contributed by atoms with van der Waals surface area (Å²) in [6, 6.07) is 20.5. The summed E-state index contributed by atoms with van der Waals surface area (Å²) < 4.78 is 1.88. The molecule has 0 radical (unpaired) electrons. The number of carbonyl (C=O) groups is 1. The van der Waals surface area contributed by atoms with Crippen LogP contribution in [0.5, 0.6) is 0 Å². The van der Waals surface area contributed by atoms with Crippen LogP contribution < -0.4 is 10.7 Å². The number of benzene rings is 3. The minimum absolute atomic E-state index is 0.00370. The average Bonchev–Trinajstić information content (AvgIpc) is 2.62. The van der Waals surface area contributed by atoms with Gasteiger partial charge in [-0.15, -0.1) is 11.3 Å². The van der Waals surface area contributed by atoms with Gasteiger partial charge in [-0.1, -0.05) is 29.8 Å². The van der Waals surface area contributed by atoms with Crippen LogP contribution >= 0.6 is 11.3 Å². The number of amides is 1. The number of hydrogen-bond donors (Lipinski definition) is 1. The SMILES string of the molecule is Cc1cccc(C(=O)Nc2ccc3sc4ccccc4c(=O)c3c2)c1. The fourth-order valence-corrected chi connectivity index (χ4v) is 3.92. The molecule has 0 fully saturated rings. The van der Waals surface area contributed by atoms with Gasteiger partial charge in [0.2, 0.25) is 0 Å². The van der Waals surface area contributed by atoms with Crippen LogP contribution in [0.25, 0.3) is 20.2 Å². The fourth-order valence-electron chi connectivity index (χ4n) is 2.87. The largest absolute Gasteiger partial charge is 0.322 e. The second-order valence-corrected chi connectivity index (χ2v) is 7.05. The number of aryl methyl sites for hydroxylation is 1. The van der Waals surface area contributed by atoms with Crippen LogP contribution in [0.15, 0.2) is 71.5 Å². The van der Waals surface area contributed by atoms with Crippen molar-refractivity contribution in [3.05, 3.63) is 88.1 Å². The molecule has 25 heavy (non-hydrogen) atoms. The molecule has 4 heteroatoms. The van der Waals surface area contributed by atoms with Crippen molar-refractivity contribution in [2.45, 2.75) is 6.92 Å². The molecule has 0 saturated carbocycles. The van der Waals surface area contributed by atoms with Gasteiger partial charge < -0.3 is 5.32 Å².